The Morgan fingerprint density at radius 3 is 2.65 bits per heavy atom. The third-order valence-electron chi connectivity index (χ3n) is 4.60. The molecule has 0 radical (unpaired) electrons. The molecule has 1 aromatic carbocycles. The first-order valence-electron chi connectivity index (χ1n) is 7.29. The Labute approximate surface area is 121 Å². The fourth-order valence-electron chi connectivity index (χ4n) is 3.30. The maximum Gasteiger partial charge on any atom is 0.153 e. The lowest BCUT2D eigenvalue weighted by Gasteiger charge is -2.45. The first kappa shape index (κ1) is 14.0. The van der Waals surface area contributed by atoms with Gasteiger partial charge in [-0.3, -0.25) is 9.80 Å². The SMILES string of the molecule is CC(c1ccccc1)N1CCN2CCS(=O)(=O)CC2C1. The molecule has 110 valence electrons. The van der Waals surface area contributed by atoms with Crippen molar-refractivity contribution in [1.29, 1.82) is 0 Å². The van der Waals surface area contributed by atoms with Crippen LogP contribution in [0.5, 0.6) is 0 Å². The summed E-state index contributed by atoms with van der Waals surface area (Å²) in [5.74, 6) is 0.656. The summed E-state index contributed by atoms with van der Waals surface area (Å²) in [4.78, 5) is 4.76. The zero-order valence-corrected chi connectivity index (χ0v) is 12.7. The van der Waals surface area contributed by atoms with Gasteiger partial charge in [0.1, 0.15) is 0 Å². The van der Waals surface area contributed by atoms with Crippen LogP contribution in [0, 0.1) is 0 Å². The summed E-state index contributed by atoms with van der Waals surface area (Å²) in [5.41, 5.74) is 1.31. The number of fused-ring (bicyclic) bond motifs is 1. The molecule has 0 spiro atoms. The van der Waals surface area contributed by atoms with Crippen LogP contribution in [0.4, 0.5) is 0 Å². The van der Waals surface area contributed by atoms with E-state index < -0.39 is 9.84 Å². The Hall–Kier alpha value is -0.910. The molecule has 5 heteroatoms. The Morgan fingerprint density at radius 1 is 1.15 bits per heavy atom. The Kier molecular flexibility index (Phi) is 3.84. The first-order valence-corrected chi connectivity index (χ1v) is 9.11. The van der Waals surface area contributed by atoms with Gasteiger partial charge in [-0.2, -0.15) is 0 Å². The van der Waals surface area contributed by atoms with E-state index in [4.69, 9.17) is 0 Å². The van der Waals surface area contributed by atoms with Crippen molar-refractivity contribution < 1.29 is 8.42 Å². The molecule has 0 N–H and O–H groups in total. The van der Waals surface area contributed by atoms with Gasteiger partial charge in [0.2, 0.25) is 0 Å². The summed E-state index contributed by atoms with van der Waals surface area (Å²) in [6.45, 7) is 5.78. The molecule has 1 aromatic rings. The predicted octanol–water partition coefficient (Wildman–Crippen LogP) is 1.16. The summed E-state index contributed by atoms with van der Waals surface area (Å²) in [7, 11) is -2.84. The molecule has 0 bridgehead atoms. The van der Waals surface area contributed by atoms with Crippen molar-refractivity contribution >= 4 is 9.84 Å². The van der Waals surface area contributed by atoms with Crippen LogP contribution >= 0.6 is 0 Å². The second-order valence-corrected chi connectivity index (χ2v) is 8.11. The number of sulfone groups is 1. The molecule has 0 amide bonds. The highest BCUT2D eigenvalue weighted by atomic mass is 32.2. The normalized spacial score (nSPS) is 28.8. The monoisotopic (exact) mass is 294 g/mol. The average molecular weight is 294 g/mol. The molecule has 0 saturated carbocycles. The van der Waals surface area contributed by atoms with E-state index in [9.17, 15) is 8.42 Å². The van der Waals surface area contributed by atoms with Crippen LogP contribution in [0.3, 0.4) is 0 Å². The average Bonchev–Trinajstić information content (AvgIpc) is 2.45. The van der Waals surface area contributed by atoms with Gasteiger partial charge in [-0.25, -0.2) is 8.42 Å². The van der Waals surface area contributed by atoms with Crippen molar-refractivity contribution in [3.8, 4) is 0 Å². The maximum absolute atomic E-state index is 11.8. The number of nitrogens with zero attached hydrogens (tertiary/aromatic N) is 2. The molecule has 2 aliphatic heterocycles. The van der Waals surface area contributed by atoms with Crippen LogP contribution in [0.1, 0.15) is 18.5 Å². The number of hydrogen-bond donors (Lipinski definition) is 0. The van der Waals surface area contributed by atoms with Crippen molar-refractivity contribution in [1.82, 2.24) is 9.80 Å². The van der Waals surface area contributed by atoms with E-state index in [1.165, 1.54) is 5.56 Å². The van der Waals surface area contributed by atoms with Gasteiger partial charge < -0.3 is 0 Å². The third kappa shape index (κ3) is 2.90. The van der Waals surface area contributed by atoms with Crippen molar-refractivity contribution in [2.45, 2.75) is 19.0 Å². The van der Waals surface area contributed by atoms with Crippen LogP contribution in [0.25, 0.3) is 0 Å². The highest BCUT2D eigenvalue weighted by Gasteiger charge is 2.36. The Bertz CT molecular complexity index is 558. The van der Waals surface area contributed by atoms with E-state index in [1.54, 1.807) is 0 Å². The molecular weight excluding hydrogens is 272 g/mol. The van der Waals surface area contributed by atoms with E-state index in [0.717, 1.165) is 19.6 Å². The number of hydrogen-bond acceptors (Lipinski definition) is 4. The topological polar surface area (TPSA) is 40.6 Å². The molecule has 2 unspecified atom stereocenters. The standard InChI is InChI=1S/C15H22N2O2S/c1-13(14-5-3-2-4-6-14)17-8-7-16-9-10-20(18,19)12-15(16)11-17/h2-6,13,15H,7-12H2,1H3. The number of piperazine rings is 1. The van der Waals surface area contributed by atoms with Crippen molar-refractivity contribution in [2.24, 2.45) is 0 Å². The zero-order valence-electron chi connectivity index (χ0n) is 11.9. The molecule has 0 aliphatic carbocycles. The molecule has 2 heterocycles. The Balaban J connectivity index is 1.71. The summed E-state index contributed by atoms with van der Waals surface area (Å²) in [5, 5.41) is 0. The molecule has 4 nitrogen and oxygen atoms in total. The molecule has 2 aliphatic rings. The fourth-order valence-corrected chi connectivity index (χ4v) is 4.88. The van der Waals surface area contributed by atoms with Gasteiger partial charge in [-0.15, -0.1) is 0 Å². The lowest BCUT2D eigenvalue weighted by atomic mass is 10.0. The van der Waals surface area contributed by atoms with Gasteiger partial charge in [-0.05, 0) is 12.5 Å². The molecular formula is C15H22N2O2S. The smallest absolute Gasteiger partial charge is 0.153 e. The predicted molar refractivity (Wildman–Crippen MR) is 80.4 cm³/mol. The van der Waals surface area contributed by atoms with Crippen LogP contribution in [-0.4, -0.2) is 61.9 Å². The summed E-state index contributed by atoms with van der Waals surface area (Å²) in [6.07, 6.45) is 0. The lowest BCUT2D eigenvalue weighted by molar-refractivity contribution is 0.0616. The quantitative estimate of drug-likeness (QED) is 0.821. The van der Waals surface area contributed by atoms with E-state index in [2.05, 4.69) is 41.0 Å². The van der Waals surface area contributed by atoms with Crippen LogP contribution in [0.2, 0.25) is 0 Å². The zero-order chi connectivity index (χ0) is 14.2. The third-order valence-corrected chi connectivity index (χ3v) is 6.30. The highest BCUT2D eigenvalue weighted by molar-refractivity contribution is 7.91. The van der Waals surface area contributed by atoms with E-state index >= 15 is 0 Å². The molecule has 0 aromatic heterocycles. The van der Waals surface area contributed by atoms with Gasteiger partial charge in [0.05, 0.1) is 11.5 Å². The first-order chi connectivity index (χ1) is 9.55. The largest absolute Gasteiger partial charge is 0.296 e. The summed E-state index contributed by atoms with van der Waals surface area (Å²) >= 11 is 0. The summed E-state index contributed by atoms with van der Waals surface area (Å²) in [6, 6.07) is 11.0. The maximum atomic E-state index is 11.8. The lowest BCUT2D eigenvalue weighted by Crippen LogP contribution is -2.59. The van der Waals surface area contributed by atoms with Crippen molar-refractivity contribution in [2.75, 3.05) is 37.7 Å². The van der Waals surface area contributed by atoms with Crippen molar-refractivity contribution in [3.63, 3.8) is 0 Å². The van der Waals surface area contributed by atoms with Crippen LogP contribution in [0.15, 0.2) is 30.3 Å². The summed E-state index contributed by atoms with van der Waals surface area (Å²) < 4.78 is 23.6. The van der Waals surface area contributed by atoms with E-state index in [-0.39, 0.29) is 6.04 Å². The van der Waals surface area contributed by atoms with Gasteiger partial charge in [0.25, 0.3) is 0 Å². The van der Waals surface area contributed by atoms with Gasteiger partial charge in [-0.1, -0.05) is 30.3 Å². The minimum Gasteiger partial charge on any atom is -0.296 e. The van der Waals surface area contributed by atoms with Crippen LogP contribution < -0.4 is 0 Å². The minimum atomic E-state index is -2.84. The minimum absolute atomic E-state index is 0.175. The van der Waals surface area contributed by atoms with Gasteiger partial charge in [0, 0.05) is 38.3 Å². The fraction of sp³-hybridized carbons (Fsp3) is 0.600. The van der Waals surface area contributed by atoms with Crippen LogP contribution in [-0.2, 0) is 9.84 Å². The van der Waals surface area contributed by atoms with E-state index in [0.29, 0.717) is 24.1 Å². The van der Waals surface area contributed by atoms with Gasteiger partial charge >= 0.3 is 0 Å². The molecule has 2 fully saturated rings. The Morgan fingerprint density at radius 2 is 1.90 bits per heavy atom. The van der Waals surface area contributed by atoms with E-state index in [1.807, 2.05) is 6.07 Å². The number of benzene rings is 1. The second-order valence-electron chi connectivity index (χ2n) is 5.89. The molecule has 20 heavy (non-hydrogen) atoms. The molecule has 2 atom stereocenters. The molecule has 3 rings (SSSR count). The van der Waals surface area contributed by atoms with Gasteiger partial charge in [0.15, 0.2) is 9.84 Å². The molecule has 2 saturated heterocycles. The van der Waals surface area contributed by atoms with Crippen molar-refractivity contribution in [3.05, 3.63) is 35.9 Å². The highest BCUT2D eigenvalue weighted by Crippen LogP contribution is 2.25. The second kappa shape index (κ2) is 5.47. The number of rotatable bonds is 2.